The fourth-order valence-electron chi connectivity index (χ4n) is 7.34. The molecule has 228 valence electrons. The maximum absolute atomic E-state index is 15.3. The molecule has 4 heterocycles. The molecule has 0 bridgehead atoms. The van der Waals surface area contributed by atoms with Crippen molar-refractivity contribution in [2.24, 2.45) is 18.9 Å². The number of carbonyl (C=O) groups is 2. The Labute approximate surface area is 255 Å². The molecule has 2 aromatic heterocycles. The number of aromatic nitrogens is 3. The number of aryl methyl sites for hydroxylation is 2. The first-order valence-corrected chi connectivity index (χ1v) is 15.5. The zero-order valence-electron chi connectivity index (χ0n) is 25.0. The number of amides is 2. The summed E-state index contributed by atoms with van der Waals surface area (Å²) in [4.78, 5) is 34.8. The Bertz CT molecular complexity index is 1680. The van der Waals surface area contributed by atoms with E-state index in [-0.39, 0.29) is 23.4 Å². The van der Waals surface area contributed by atoms with E-state index in [4.69, 9.17) is 4.74 Å². The van der Waals surface area contributed by atoms with Crippen LogP contribution in [0.25, 0.3) is 11.0 Å². The number of likely N-dealkylation sites (tertiary alicyclic amines) is 1. The highest BCUT2D eigenvalue weighted by Gasteiger charge is 2.51. The second-order valence-electron chi connectivity index (χ2n) is 12.4. The fraction of sp³-hybridized carbons (Fsp3) is 0.412. The molecule has 4 atom stereocenters. The van der Waals surface area contributed by atoms with Gasteiger partial charge in [-0.25, -0.2) is 4.39 Å². The van der Waals surface area contributed by atoms with Gasteiger partial charge in [-0.3, -0.25) is 19.3 Å². The third-order valence-electron chi connectivity index (χ3n) is 9.61. The Balaban J connectivity index is 1.27. The van der Waals surface area contributed by atoms with Crippen LogP contribution in [0.3, 0.4) is 0 Å². The van der Waals surface area contributed by atoms with Crippen LogP contribution in [-0.4, -0.2) is 56.8 Å². The number of benzene rings is 2. The number of carbonyl (C=O) groups excluding carboxylic acids is 2. The molecule has 44 heavy (non-hydrogen) atoms. The van der Waals surface area contributed by atoms with Gasteiger partial charge in [0.25, 0.3) is 5.91 Å². The number of piperidine rings is 1. The predicted molar refractivity (Wildman–Crippen MR) is 166 cm³/mol. The number of nitrogens with zero attached hydrogens (tertiary/aromatic N) is 4. The molecule has 1 aliphatic carbocycles. The largest absolute Gasteiger partial charge is 0.382 e. The molecule has 7 rings (SSSR count). The van der Waals surface area contributed by atoms with E-state index < -0.39 is 23.7 Å². The van der Waals surface area contributed by atoms with Crippen molar-refractivity contribution in [3.05, 3.63) is 83.4 Å². The lowest BCUT2D eigenvalue weighted by atomic mass is 9.76. The maximum Gasteiger partial charge on any atom is 0.257 e. The van der Waals surface area contributed by atoms with Crippen LogP contribution in [0.1, 0.15) is 59.6 Å². The van der Waals surface area contributed by atoms with Gasteiger partial charge in [0.2, 0.25) is 5.91 Å². The minimum absolute atomic E-state index is 0.0367. The first kappa shape index (κ1) is 28.5. The molecule has 4 aromatic rings. The van der Waals surface area contributed by atoms with Gasteiger partial charge in [0.05, 0.1) is 60.4 Å². The number of hydrogen-bond donors (Lipinski definition) is 2. The van der Waals surface area contributed by atoms with Crippen LogP contribution in [0.5, 0.6) is 0 Å². The SMILES string of the molecule is Cc1cccc(F)c1C(=O)N1C2COCC2CC(C(=O)Nc2cnc3cnn(C)c3c2)[C@H]1c1ccc(NC2CCCC2)cc1. The molecular formula is C34H37FN6O3. The Morgan fingerprint density at radius 3 is 2.59 bits per heavy atom. The van der Waals surface area contributed by atoms with Crippen molar-refractivity contribution >= 4 is 34.2 Å². The molecule has 1 saturated carbocycles. The quantitative estimate of drug-likeness (QED) is 0.299. The summed E-state index contributed by atoms with van der Waals surface area (Å²) < 4.78 is 22.9. The normalized spacial score (nSPS) is 23.6. The minimum Gasteiger partial charge on any atom is -0.382 e. The van der Waals surface area contributed by atoms with Crippen molar-refractivity contribution in [1.82, 2.24) is 19.7 Å². The molecule has 2 saturated heterocycles. The predicted octanol–water partition coefficient (Wildman–Crippen LogP) is 5.63. The van der Waals surface area contributed by atoms with E-state index in [1.54, 1.807) is 41.0 Å². The van der Waals surface area contributed by atoms with Crippen molar-refractivity contribution in [1.29, 1.82) is 0 Å². The summed E-state index contributed by atoms with van der Waals surface area (Å²) in [7, 11) is 1.83. The fourth-order valence-corrected chi connectivity index (χ4v) is 7.34. The van der Waals surface area contributed by atoms with Crippen LogP contribution in [0.2, 0.25) is 0 Å². The highest BCUT2D eigenvalue weighted by Crippen LogP contribution is 2.46. The van der Waals surface area contributed by atoms with Gasteiger partial charge in [-0.05, 0) is 61.6 Å². The second kappa shape index (κ2) is 11.6. The van der Waals surface area contributed by atoms with Crippen molar-refractivity contribution in [3.8, 4) is 0 Å². The van der Waals surface area contributed by atoms with Gasteiger partial charge >= 0.3 is 0 Å². The summed E-state index contributed by atoms with van der Waals surface area (Å²) in [5.74, 6) is -1.87. The molecular weight excluding hydrogens is 559 g/mol. The summed E-state index contributed by atoms with van der Waals surface area (Å²) >= 11 is 0. The van der Waals surface area contributed by atoms with Crippen LogP contribution in [0.4, 0.5) is 15.8 Å². The lowest BCUT2D eigenvalue weighted by Gasteiger charge is -2.47. The molecule has 0 radical (unpaired) electrons. The van der Waals surface area contributed by atoms with Gasteiger partial charge in [0, 0.05) is 24.7 Å². The number of fused-ring (bicyclic) bond motifs is 2. The molecule has 2 aromatic carbocycles. The molecule has 2 N–H and O–H groups in total. The number of rotatable bonds is 6. The number of hydrogen-bond acceptors (Lipinski definition) is 6. The van der Waals surface area contributed by atoms with Gasteiger partial charge in [-0.15, -0.1) is 0 Å². The Hall–Kier alpha value is -4.31. The smallest absolute Gasteiger partial charge is 0.257 e. The van der Waals surface area contributed by atoms with E-state index in [9.17, 15) is 9.59 Å². The zero-order chi connectivity index (χ0) is 30.4. The third kappa shape index (κ3) is 5.21. The second-order valence-corrected chi connectivity index (χ2v) is 12.4. The van der Waals surface area contributed by atoms with E-state index in [1.165, 1.54) is 18.9 Å². The van der Waals surface area contributed by atoms with Crippen LogP contribution >= 0.6 is 0 Å². The first-order valence-electron chi connectivity index (χ1n) is 15.5. The molecule has 0 spiro atoms. The van der Waals surface area contributed by atoms with Crippen LogP contribution in [0.15, 0.2) is 60.9 Å². The average Bonchev–Trinajstić information content (AvgIpc) is 3.79. The lowest BCUT2D eigenvalue weighted by Crippen LogP contribution is -2.55. The van der Waals surface area contributed by atoms with Crippen molar-refractivity contribution in [2.75, 3.05) is 23.8 Å². The summed E-state index contributed by atoms with van der Waals surface area (Å²) in [6.07, 6.45) is 8.60. The summed E-state index contributed by atoms with van der Waals surface area (Å²) in [5, 5.41) is 11.0. The Kier molecular flexibility index (Phi) is 7.53. The van der Waals surface area contributed by atoms with Gasteiger partial charge < -0.3 is 20.3 Å². The van der Waals surface area contributed by atoms with Gasteiger partial charge in [-0.2, -0.15) is 5.10 Å². The Morgan fingerprint density at radius 2 is 1.82 bits per heavy atom. The summed E-state index contributed by atoms with van der Waals surface area (Å²) in [5.41, 5.74) is 4.51. The molecule has 2 aliphatic heterocycles. The summed E-state index contributed by atoms with van der Waals surface area (Å²) in [6, 6.07) is 14.1. The van der Waals surface area contributed by atoms with Crippen LogP contribution < -0.4 is 10.6 Å². The van der Waals surface area contributed by atoms with E-state index in [1.807, 2.05) is 37.4 Å². The standard InChI is InChI=1S/C34H37FN6O3/c1-20-6-5-9-27(35)31(20)34(43)41-30-19-44-18-22(30)14-26(33(42)39-25-15-29-28(36-16-25)17-37-40(29)2)32(41)21-10-12-24(13-11-21)38-23-7-3-4-8-23/h5-6,9-13,15-17,22-23,26,30,32,38H,3-4,7-8,14,18-19H2,1-2H3,(H,39,42)/t22?,26?,30?,32-/m1/s1. The first-order chi connectivity index (χ1) is 21.4. The molecule has 3 aliphatic rings. The van der Waals surface area contributed by atoms with Crippen molar-refractivity contribution < 1.29 is 18.7 Å². The number of anilines is 2. The highest BCUT2D eigenvalue weighted by atomic mass is 19.1. The van der Waals surface area contributed by atoms with E-state index in [2.05, 4.69) is 20.7 Å². The number of halogens is 1. The molecule has 10 heteroatoms. The van der Waals surface area contributed by atoms with Crippen LogP contribution in [0, 0.1) is 24.6 Å². The van der Waals surface area contributed by atoms with Gasteiger partial charge in [-0.1, -0.05) is 37.1 Å². The summed E-state index contributed by atoms with van der Waals surface area (Å²) in [6.45, 7) is 2.53. The Morgan fingerprint density at radius 1 is 1.02 bits per heavy atom. The van der Waals surface area contributed by atoms with E-state index in [0.717, 1.165) is 35.1 Å². The maximum atomic E-state index is 15.3. The minimum atomic E-state index is -0.626. The van der Waals surface area contributed by atoms with Gasteiger partial charge in [0.15, 0.2) is 0 Å². The third-order valence-corrected chi connectivity index (χ3v) is 9.61. The zero-order valence-corrected chi connectivity index (χ0v) is 25.0. The number of ether oxygens (including phenoxy) is 1. The molecule has 3 fully saturated rings. The van der Waals surface area contributed by atoms with Crippen molar-refractivity contribution in [2.45, 2.75) is 57.2 Å². The van der Waals surface area contributed by atoms with Crippen molar-refractivity contribution in [3.63, 3.8) is 0 Å². The highest BCUT2D eigenvalue weighted by molar-refractivity contribution is 5.99. The monoisotopic (exact) mass is 596 g/mol. The van der Waals surface area contributed by atoms with E-state index >= 15 is 4.39 Å². The molecule has 9 nitrogen and oxygen atoms in total. The lowest BCUT2D eigenvalue weighted by molar-refractivity contribution is -0.124. The van der Waals surface area contributed by atoms with Crippen LogP contribution in [-0.2, 0) is 16.6 Å². The van der Waals surface area contributed by atoms with Gasteiger partial charge in [0.1, 0.15) is 11.3 Å². The van der Waals surface area contributed by atoms with E-state index in [0.29, 0.717) is 36.9 Å². The number of pyridine rings is 1. The topological polar surface area (TPSA) is 101 Å². The average molecular weight is 597 g/mol. The molecule has 2 amide bonds. The number of nitrogens with one attached hydrogen (secondary N) is 2. The molecule has 3 unspecified atom stereocenters.